The van der Waals surface area contributed by atoms with Crippen molar-refractivity contribution < 1.29 is 14.3 Å². The van der Waals surface area contributed by atoms with Crippen molar-refractivity contribution >= 4 is 5.78 Å². The van der Waals surface area contributed by atoms with E-state index in [-0.39, 0.29) is 53.1 Å². The highest BCUT2D eigenvalue weighted by Gasteiger charge is 2.87. The van der Waals surface area contributed by atoms with Crippen LogP contribution in [-0.4, -0.2) is 28.2 Å². The van der Waals surface area contributed by atoms with Gasteiger partial charge in [0.05, 0.1) is 24.0 Å². The molecule has 22 rings (SSSR count). The van der Waals surface area contributed by atoms with Crippen molar-refractivity contribution in [2.75, 3.05) is 0 Å². The fourth-order valence-corrected chi connectivity index (χ4v) is 17.0. The second-order valence-electron chi connectivity index (χ2n) is 22.7. The lowest BCUT2D eigenvalue weighted by molar-refractivity contribution is -0.115. The molecule has 0 amide bonds. The Morgan fingerprint density at radius 3 is 0.731 bits per heavy atom. The SMILES string of the molecule is CC(C)=O.N#CC1=C([C@@]23O[C@]2(C#N)C2c4ccccc4C3c3ccccc32)C2c3ccccc3C1c1ccccc12.N#CC1=C([C@]23O[C@@]2(C#N)C2c4ccccc4C3c3ccccc32)C2c3ccccc3C1c1ccccc12. The van der Waals surface area contributed by atoms with Crippen LogP contribution in [0.2, 0.25) is 0 Å². The number of ether oxygens (including phenoxy) is 2. The maximum Gasteiger partial charge on any atom is 0.199 e. The third kappa shape index (κ3) is 5.07. The third-order valence-electron chi connectivity index (χ3n) is 19.3. The summed E-state index contributed by atoms with van der Waals surface area (Å²) in [5, 5.41) is 43.3. The number of epoxide rings is 2. The lowest BCUT2D eigenvalue weighted by atomic mass is 9.48. The molecule has 2 saturated heterocycles. The maximum absolute atomic E-state index is 10.9. The van der Waals surface area contributed by atoms with Gasteiger partial charge in [-0.3, -0.25) is 0 Å². The Balaban J connectivity index is 0.000000122. The first kappa shape index (κ1) is 45.0. The molecule has 0 saturated carbocycles. The van der Waals surface area contributed by atoms with Gasteiger partial charge in [-0.25, -0.2) is 0 Å². The number of Topliss-reactive ketones (excluding diaryl/α,β-unsaturated/α-hetero) is 1. The number of ketones is 1. The number of carbonyl (C=O) groups excluding carboxylic acids is 1. The summed E-state index contributed by atoms with van der Waals surface area (Å²) >= 11 is 0. The molecule has 8 bridgehead atoms. The summed E-state index contributed by atoms with van der Waals surface area (Å²) in [6.07, 6.45) is 0. The molecule has 4 atom stereocenters. The number of hydrogen-bond donors (Lipinski definition) is 0. The van der Waals surface area contributed by atoms with Crippen molar-refractivity contribution in [1.29, 1.82) is 21.0 Å². The fourth-order valence-electron chi connectivity index (χ4n) is 17.0. The van der Waals surface area contributed by atoms with Gasteiger partial charge in [0.25, 0.3) is 0 Å². The van der Waals surface area contributed by atoms with Crippen LogP contribution in [-0.2, 0) is 14.3 Å². The minimum absolute atomic E-state index is 0.110. The van der Waals surface area contributed by atoms with E-state index in [2.05, 4.69) is 218 Å². The highest BCUT2D eigenvalue weighted by molar-refractivity contribution is 5.80. The van der Waals surface area contributed by atoms with E-state index in [0.29, 0.717) is 0 Å². The molecular formula is C71H46N4O3. The normalized spacial score (nSPS) is 30.9. The maximum atomic E-state index is 10.9. The van der Waals surface area contributed by atoms with Gasteiger partial charge in [0.1, 0.15) is 29.1 Å². The second kappa shape index (κ2) is 15.5. The van der Waals surface area contributed by atoms with Gasteiger partial charge in [-0.05, 0) is 114 Å². The number of allylic oxidation sites excluding steroid dienone is 2. The average Bonchev–Trinajstić information content (AvgIpc) is 1.87. The van der Waals surface area contributed by atoms with Gasteiger partial charge in [0, 0.05) is 46.7 Å². The van der Waals surface area contributed by atoms with Crippen LogP contribution in [0.5, 0.6) is 0 Å². The van der Waals surface area contributed by atoms with Gasteiger partial charge in [0.2, 0.25) is 0 Å². The third-order valence-corrected chi connectivity index (χ3v) is 19.3. The Labute approximate surface area is 452 Å². The Morgan fingerprint density at radius 2 is 0.526 bits per heavy atom. The van der Waals surface area contributed by atoms with Crippen LogP contribution in [0.3, 0.4) is 0 Å². The highest BCUT2D eigenvalue weighted by Crippen LogP contribution is 2.81. The molecule has 2 aliphatic heterocycles. The van der Waals surface area contributed by atoms with Crippen molar-refractivity contribution in [3.8, 4) is 24.3 Å². The molecule has 14 aliphatic rings. The molecule has 8 aromatic carbocycles. The van der Waals surface area contributed by atoms with Crippen LogP contribution in [0.4, 0.5) is 0 Å². The zero-order valence-corrected chi connectivity index (χ0v) is 42.6. The molecule has 0 N–H and O–H groups in total. The van der Waals surface area contributed by atoms with E-state index >= 15 is 0 Å². The van der Waals surface area contributed by atoms with Gasteiger partial charge in [0.15, 0.2) is 11.2 Å². The summed E-state index contributed by atoms with van der Waals surface area (Å²) in [5.41, 5.74) is 19.1. The van der Waals surface area contributed by atoms with Crippen LogP contribution in [0.1, 0.15) is 150 Å². The number of nitriles is 4. The number of benzene rings is 8. The van der Waals surface area contributed by atoms with Crippen LogP contribution >= 0.6 is 0 Å². The Hall–Kier alpha value is -9.21. The highest BCUT2D eigenvalue weighted by atomic mass is 16.6. The smallest absolute Gasteiger partial charge is 0.199 e. The lowest BCUT2D eigenvalue weighted by Crippen LogP contribution is -2.50. The summed E-state index contributed by atoms with van der Waals surface area (Å²) in [4.78, 5) is 9.44. The van der Waals surface area contributed by atoms with E-state index in [1.165, 1.54) is 103 Å². The number of hydrogen-bond acceptors (Lipinski definition) is 7. The zero-order chi connectivity index (χ0) is 52.6. The van der Waals surface area contributed by atoms with Crippen LogP contribution in [0, 0.1) is 45.3 Å². The molecule has 2 heterocycles. The molecule has 0 radical (unpaired) electrons. The predicted molar refractivity (Wildman–Crippen MR) is 292 cm³/mol. The monoisotopic (exact) mass is 1000 g/mol. The van der Waals surface area contributed by atoms with E-state index in [9.17, 15) is 25.8 Å². The van der Waals surface area contributed by atoms with Crippen LogP contribution < -0.4 is 0 Å². The quantitative estimate of drug-likeness (QED) is 0.157. The standard InChI is InChI=1S/2C34H20N2O.C3H6O/c2*35-17-27-28-19-9-1-3-11-21(19)29(22-12-4-2-10-20(22)28)32(27)34-31-25-15-7-5-13-23(25)30(33(34,18-36)37-34)24-14-6-8-16-26(24)31;1-3(2)4/h2*1-16,28-31H;1-2H3/t2*28?,29?,30?,31?,33-,34-;/m10./s1. The minimum atomic E-state index is -1.03. The predicted octanol–water partition coefficient (Wildman–Crippen LogP) is 13.4. The Bertz CT molecular complexity index is 3870. The lowest BCUT2D eigenvalue weighted by Gasteiger charge is -2.50. The second-order valence-corrected chi connectivity index (χ2v) is 22.7. The van der Waals surface area contributed by atoms with E-state index < -0.39 is 22.4 Å². The molecule has 0 aromatic heterocycles. The van der Waals surface area contributed by atoms with Crippen molar-refractivity contribution in [3.05, 3.63) is 305 Å². The first-order chi connectivity index (χ1) is 38.3. The molecule has 0 spiro atoms. The molecule has 2 fully saturated rings. The molecule has 8 aromatic rings. The van der Waals surface area contributed by atoms with Gasteiger partial charge < -0.3 is 14.3 Å². The van der Waals surface area contributed by atoms with Gasteiger partial charge in [-0.2, -0.15) is 21.0 Å². The Kier molecular flexibility index (Phi) is 8.93. The number of nitrogens with zero attached hydrogens (tertiary/aromatic N) is 4. The van der Waals surface area contributed by atoms with Gasteiger partial charge in [-0.15, -0.1) is 0 Å². The van der Waals surface area contributed by atoms with Gasteiger partial charge in [-0.1, -0.05) is 194 Å². The molecule has 0 unspecified atom stereocenters. The molecule has 368 valence electrons. The first-order valence-electron chi connectivity index (χ1n) is 27.0. The number of carbonyl (C=O) groups is 1. The summed E-state index contributed by atoms with van der Waals surface area (Å²) in [7, 11) is 0. The summed E-state index contributed by atoms with van der Waals surface area (Å²) in [5.74, 6) is -0.983. The van der Waals surface area contributed by atoms with Crippen molar-refractivity contribution in [2.24, 2.45) is 0 Å². The fraction of sp³-hybridized carbons (Fsp3) is 0.197. The van der Waals surface area contributed by atoms with E-state index in [4.69, 9.17) is 9.47 Å². The summed E-state index contributed by atoms with van der Waals surface area (Å²) in [6, 6.07) is 78.8. The van der Waals surface area contributed by atoms with Gasteiger partial charge >= 0.3 is 0 Å². The average molecular weight is 1000 g/mol. The number of rotatable bonds is 2. The van der Waals surface area contributed by atoms with Crippen molar-refractivity contribution in [3.63, 3.8) is 0 Å². The molecule has 78 heavy (non-hydrogen) atoms. The molecule has 7 nitrogen and oxygen atoms in total. The molecular weight excluding hydrogens is 957 g/mol. The van der Waals surface area contributed by atoms with Crippen molar-refractivity contribution in [2.45, 2.75) is 83.6 Å². The van der Waals surface area contributed by atoms with E-state index in [1.54, 1.807) is 0 Å². The molecule has 7 heteroatoms. The van der Waals surface area contributed by atoms with Crippen LogP contribution in [0.15, 0.2) is 216 Å². The van der Waals surface area contributed by atoms with Crippen LogP contribution in [0.25, 0.3) is 0 Å². The Morgan fingerprint density at radius 1 is 0.333 bits per heavy atom. The van der Waals surface area contributed by atoms with E-state index in [0.717, 1.165) is 22.3 Å². The topological polar surface area (TPSA) is 137 Å². The molecule has 12 aliphatic carbocycles. The van der Waals surface area contributed by atoms with E-state index in [1.807, 2.05) is 0 Å². The first-order valence-corrected chi connectivity index (χ1v) is 27.0. The zero-order valence-electron chi connectivity index (χ0n) is 42.6. The summed E-state index contributed by atoms with van der Waals surface area (Å²) < 4.78 is 13.9. The summed E-state index contributed by atoms with van der Waals surface area (Å²) in [6.45, 7) is 3.06. The minimum Gasteiger partial charge on any atom is -0.339 e. The largest absolute Gasteiger partial charge is 0.339 e. The van der Waals surface area contributed by atoms with Crippen molar-refractivity contribution in [1.82, 2.24) is 0 Å².